The van der Waals surface area contributed by atoms with E-state index in [-0.39, 0.29) is 11.2 Å². The Labute approximate surface area is 108 Å². The van der Waals surface area contributed by atoms with E-state index in [1.165, 1.54) is 19.2 Å². The monoisotopic (exact) mass is 250 g/mol. The van der Waals surface area contributed by atoms with Gasteiger partial charge in [0.25, 0.3) is 0 Å². The van der Waals surface area contributed by atoms with E-state index in [2.05, 4.69) is 11.4 Å². The van der Waals surface area contributed by atoms with Crippen LogP contribution in [0.3, 0.4) is 0 Å². The number of hydrogen-bond acceptors (Lipinski definition) is 3. The highest BCUT2D eigenvalue weighted by Gasteiger charge is 2.15. The smallest absolute Gasteiger partial charge is 0.128 e. The van der Waals surface area contributed by atoms with E-state index in [9.17, 15) is 4.39 Å². The summed E-state index contributed by atoms with van der Waals surface area (Å²) in [6.45, 7) is 4.54. The van der Waals surface area contributed by atoms with Crippen molar-refractivity contribution in [3.8, 4) is 11.8 Å². The highest BCUT2D eigenvalue weighted by Crippen LogP contribution is 2.22. The highest BCUT2D eigenvalue weighted by atomic mass is 19.1. The van der Waals surface area contributed by atoms with Gasteiger partial charge in [-0.25, -0.2) is 4.39 Å². The van der Waals surface area contributed by atoms with Gasteiger partial charge in [-0.3, -0.25) is 0 Å². The second-order valence-corrected chi connectivity index (χ2v) is 4.91. The predicted molar refractivity (Wildman–Crippen MR) is 70.1 cm³/mol. The lowest BCUT2D eigenvalue weighted by molar-refractivity contribution is 0.411. The largest absolute Gasteiger partial charge is 0.497 e. The molecule has 0 bridgehead atoms. The summed E-state index contributed by atoms with van der Waals surface area (Å²) in [4.78, 5) is 0. The molecule has 0 radical (unpaired) electrons. The fourth-order valence-corrected chi connectivity index (χ4v) is 1.60. The first-order valence-corrected chi connectivity index (χ1v) is 5.96. The molecule has 3 nitrogen and oxygen atoms in total. The van der Waals surface area contributed by atoms with Crippen molar-refractivity contribution in [2.24, 2.45) is 5.41 Å². The fourth-order valence-electron chi connectivity index (χ4n) is 1.60. The molecule has 1 aromatic rings. The molecular formula is C14H19FN2O. The number of methoxy groups -OCH3 is 1. The molecule has 0 aliphatic carbocycles. The van der Waals surface area contributed by atoms with Gasteiger partial charge in [-0.05, 0) is 32.8 Å². The van der Waals surface area contributed by atoms with Crippen molar-refractivity contribution in [3.63, 3.8) is 0 Å². The van der Waals surface area contributed by atoms with Gasteiger partial charge in [0, 0.05) is 24.4 Å². The number of benzene rings is 1. The number of nitrogens with zero attached hydrogens (tertiary/aromatic N) is 1. The number of anilines is 1. The lowest BCUT2D eigenvalue weighted by atomic mass is 9.90. The minimum Gasteiger partial charge on any atom is -0.497 e. The third-order valence-electron chi connectivity index (χ3n) is 2.72. The molecular weight excluding hydrogens is 231 g/mol. The van der Waals surface area contributed by atoms with E-state index in [0.717, 1.165) is 12.8 Å². The number of nitriles is 1. The van der Waals surface area contributed by atoms with E-state index in [1.807, 2.05) is 13.8 Å². The van der Waals surface area contributed by atoms with Crippen LogP contribution in [0, 0.1) is 22.6 Å². The van der Waals surface area contributed by atoms with Gasteiger partial charge in [0.1, 0.15) is 11.6 Å². The standard InChI is InChI=1S/C14H19FN2O/c1-14(2,10-16)5-4-6-17-12-7-11(15)8-13(9-12)18-3/h7-9,17H,4-6H2,1-3H3. The summed E-state index contributed by atoms with van der Waals surface area (Å²) in [5.41, 5.74) is 0.392. The molecule has 0 amide bonds. The lowest BCUT2D eigenvalue weighted by Crippen LogP contribution is -2.11. The minimum absolute atomic E-state index is 0.304. The van der Waals surface area contributed by atoms with E-state index < -0.39 is 0 Å². The van der Waals surface area contributed by atoms with Gasteiger partial charge in [0.2, 0.25) is 0 Å². The fraction of sp³-hybridized carbons (Fsp3) is 0.500. The maximum Gasteiger partial charge on any atom is 0.128 e. The zero-order valence-corrected chi connectivity index (χ0v) is 11.1. The molecule has 0 unspecified atom stereocenters. The van der Waals surface area contributed by atoms with E-state index in [1.54, 1.807) is 6.07 Å². The van der Waals surface area contributed by atoms with Crippen LogP contribution in [0.5, 0.6) is 5.75 Å². The average molecular weight is 250 g/mol. The van der Waals surface area contributed by atoms with Crippen LogP contribution in [0.4, 0.5) is 10.1 Å². The first-order valence-electron chi connectivity index (χ1n) is 5.96. The summed E-state index contributed by atoms with van der Waals surface area (Å²) in [5.74, 6) is 0.170. The molecule has 0 aliphatic rings. The molecule has 0 saturated carbocycles. The molecule has 1 rings (SSSR count). The quantitative estimate of drug-likeness (QED) is 0.785. The van der Waals surface area contributed by atoms with Crippen molar-refractivity contribution in [1.82, 2.24) is 0 Å². The SMILES string of the molecule is COc1cc(F)cc(NCCCC(C)(C)C#N)c1. The minimum atomic E-state index is -0.325. The number of hydrogen-bond donors (Lipinski definition) is 1. The van der Waals surface area contributed by atoms with Crippen molar-refractivity contribution < 1.29 is 9.13 Å². The van der Waals surface area contributed by atoms with Crippen LogP contribution in [0.1, 0.15) is 26.7 Å². The Morgan fingerprint density at radius 3 is 2.72 bits per heavy atom. The number of rotatable bonds is 6. The van der Waals surface area contributed by atoms with E-state index in [0.29, 0.717) is 18.0 Å². The van der Waals surface area contributed by atoms with Crippen LogP contribution in [-0.2, 0) is 0 Å². The van der Waals surface area contributed by atoms with E-state index >= 15 is 0 Å². The molecule has 0 heterocycles. The van der Waals surface area contributed by atoms with Gasteiger partial charge in [0.15, 0.2) is 0 Å². The first kappa shape index (κ1) is 14.3. The summed E-state index contributed by atoms with van der Waals surface area (Å²) in [6, 6.07) is 6.77. The molecule has 0 spiro atoms. The van der Waals surface area contributed by atoms with Gasteiger partial charge >= 0.3 is 0 Å². The van der Waals surface area contributed by atoms with Crippen LogP contribution in [0.25, 0.3) is 0 Å². The van der Waals surface area contributed by atoms with Gasteiger partial charge in [-0.2, -0.15) is 5.26 Å². The second kappa shape index (κ2) is 6.25. The third kappa shape index (κ3) is 4.62. The Balaban J connectivity index is 2.45. The molecule has 0 fully saturated rings. The number of ether oxygens (including phenoxy) is 1. The molecule has 1 N–H and O–H groups in total. The number of nitrogens with one attached hydrogen (secondary N) is 1. The van der Waals surface area contributed by atoms with Crippen LogP contribution >= 0.6 is 0 Å². The Hall–Kier alpha value is -1.76. The molecule has 0 aromatic heterocycles. The molecule has 0 saturated heterocycles. The molecule has 4 heteroatoms. The van der Waals surface area contributed by atoms with Crippen molar-refractivity contribution >= 4 is 5.69 Å². The molecule has 0 aliphatic heterocycles. The molecule has 98 valence electrons. The summed E-state index contributed by atoms with van der Waals surface area (Å²) in [6.07, 6.45) is 1.67. The molecule has 1 aromatic carbocycles. The van der Waals surface area contributed by atoms with Gasteiger partial charge in [-0.15, -0.1) is 0 Å². The van der Waals surface area contributed by atoms with Crippen LogP contribution < -0.4 is 10.1 Å². The second-order valence-electron chi connectivity index (χ2n) is 4.91. The van der Waals surface area contributed by atoms with Crippen molar-refractivity contribution in [3.05, 3.63) is 24.0 Å². The predicted octanol–water partition coefficient (Wildman–Crippen LogP) is 3.58. The Kier molecular flexibility index (Phi) is 4.96. The van der Waals surface area contributed by atoms with E-state index in [4.69, 9.17) is 10.00 Å². The van der Waals surface area contributed by atoms with Gasteiger partial charge in [0.05, 0.1) is 18.6 Å². The number of halogens is 1. The molecule has 0 atom stereocenters. The lowest BCUT2D eigenvalue weighted by Gasteiger charge is -2.15. The highest BCUT2D eigenvalue weighted by molar-refractivity contribution is 5.48. The van der Waals surface area contributed by atoms with Crippen molar-refractivity contribution in [1.29, 1.82) is 5.26 Å². The zero-order valence-electron chi connectivity index (χ0n) is 11.1. The first-order chi connectivity index (χ1) is 8.46. The Morgan fingerprint density at radius 1 is 1.39 bits per heavy atom. The van der Waals surface area contributed by atoms with Gasteiger partial charge in [-0.1, -0.05) is 0 Å². The van der Waals surface area contributed by atoms with Crippen molar-refractivity contribution in [2.45, 2.75) is 26.7 Å². The summed E-state index contributed by atoms with van der Waals surface area (Å²) in [5, 5.41) is 12.0. The normalized spacial score (nSPS) is 10.8. The third-order valence-corrected chi connectivity index (χ3v) is 2.72. The Bertz CT molecular complexity index is 438. The van der Waals surface area contributed by atoms with Gasteiger partial charge < -0.3 is 10.1 Å². The average Bonchev–Trinajstić information content (AvgIpc) is 2.34. The van der Waals surface area contributed by atoms with Crippen LogP contribution in [-0.4, -0.2) is 13.7 Å². The summed E-state index contributed by atoms with van der Waals surface area (Å²) < 4.78 is 18.2. The maximum absolute atomic E-state index is 13.2. The summed E-state index contributed by atoms with van der Waals surface area (Å²) in [7, 11) is 1.51. The topological polar surface area (TPSA) is 45.0 Å². The maximum atomic E-state index is 13.2. The van der Waals surface area contributed by atoms with Crippen molar-refractivity contribution in [2.75, 3.05) is 19.0 Å². The zero-order chi connectivity index (χ0) is 13.6. The van der Waals surface area contributed by atoms with Crippen LogP contribution in [0.15, 0.2) is 18.2 Å². The Morgan fingerprint density at radius 2 is 2.11 bits per heavy atom. The summed E-state index contributed by atoms with van der Waals surface area (Å²) >= 11 is 0. The molecule has 18 heavy (non-hydrogen) atoms. The van der Waals surface area contributed by atoms with Crippen LogP contribution in [0.2, 0.25) is 0 Å².